The van der Waals surface area contributed by atoms with Gasteiger partial charge in [0.2, 0.25) is 0 Å². The lowest BCUT2D eigenvalue weighted by Crippen LogP contribution is -2.66. The standard InChI is InChI=1S/C22H28N2O9S/c1-11-7-6-8-16(9-11)23-22(34)24-21-20(32-15(5)28)19(31-14(4)27)18(30-13(3)26)17(33-21)10-29-12(2)25/h6-9,17-21H,10H2,1-5H3,(H2,23,24,34)/t17-,18+,19+,20-,21-/m0/s1. The third-order valence-corrected chi connectivity index (χ3v) is 4.76. The Labute approximate surface area is 202 Å². The minimum atomic E-state index is -1.28. The number of anilines is 1. The third-order valence-electron chi connectivity index (χ3n) is 4.54. The fraction of sp³-hybridized carbons (Fsp3) is 0.500. The molecule has 11 nitrogen and oxygen atoms in total. The van der Waals surface area contributed by atoms with Crippen LogP contribution in [0.3, 0.4) is 0 Å². The Morgan fingerprint density at radius 3 is 2.06 bits per heavy atom. The molecule has 1 aromatic carbocycles. The second-order valence-electron chi connectivity index (χ2n) is 7.59. The molecule has 0 saturated carbocycles. The summed E-state index contributed by atoms with van der Waals surface area (Å²) in [6.45, 7) is 6.26. The van der Waals surface area contributed by atoms with Crippen LogP contribution in [0.2, 0.25) is 0 Å². The molecule has 2 N–H and O–H groups in total. The minimum absolute atomic E-state index is 0.117. The van der Waals surface area contributed by atoms with Gasteiger partial charge in [0.05, 0.1) is 0 Å². The van der Waals surface area contributed by atoms with Gasteiger partial charge in [0.15, 0.2) is 29.7 Å². The molecule has 12 heteroatoms. The molecular weight excluding hydrogens is 468 g/mol. The van der Waals surface area contributed by atoms with E-state index in [0.717, 1.165) is 26.3 Å². The maximum Gasteiger partial charge on any atom is 0.303 e. The summed E-state index contributed by atoms with van der Waals surface area (Å²) < 4.78 is 27.1. The van der Waals surface area contributed by atoms with Gasteiger partial charge in [0.1, 0.15) is 12.7 Å². The van der Waals surface area contributed by atoms with E-state index in [9.17, 15) is 19.2 Å². The molecular formula is C22H28N2O9S. The zero-order valence-corrected chi connectivity index (χ0v) is 20.3. The van der Waals surface area contributed by atoms with E-state index in [4.69, 9.17) is 35.9 Å². The van der Waals surface area contributed by atoms with Crippen LogP contribution >= 0.6 is 12.2 Å². The zero-order chi connectivity index (χ0) is 25.4. The van der Waals surface area contributed by atoms with Gasteiger partial charge in [-0.3, -0.25) is 19.2 Å². The lowest BCUT2D eigenvalue weighted by molar-refractivity contribution is -0.254. The maximum absolute atomic E-state index is 11.9. The SMILES string of the molecule is CC(=O)OC[C@@H]1O[C@H](NC(=S)Nc2cccc(C)c2)[C@@H](OC(C)=O)[C@H](OC(C)=O)[C@@H]1OC(C)=O. The summed E-state index contributed by atoms with van der Waals surface area (Å²) in [7, 11) is 0. The number of hydrogen-bond acceptors (Lipinski definition) is 10. The van der Waals surface area contributed by atoms with Crippen molar-refractivity contribution in [3.63, 3.8) is 0 Å². The first kappa shape index (κ1) is 27.0. The zero-order valence-electron chi connectivity index (χ0n) is 19.5. The van der Waals surface area contributed by atoms with E-state index < -0.39 is 54.5 Å². The fourth-order valence-electron chi connectivity index (χ4n) is 3.36. The number of carbonyl (C=O) groups is 4. The number of aryl methyl sites for hydroxylation is 1. The van der Waals surface area contributed by atoms with Crippen molar-refractivity contribution in [2.75, 3.05) is 11.9 Å². The fourth-order valence-corrected chi connectivity index (χ4v) is 3.60. The molecule has 1 aliphatic heterocycles. The molecule has 0 bridgehead atoms. The lowest BCUT2D eigenvalue weighted by Gasteiger charge is -2.44. The molecule has 0 radical (unpaired) electrons. The van der Waals surface area contributed by atoms with E-state index in [0.29, 0.717) is 5.69 Å². The summed E-state index contributed by atoms with van der Waals surface area (Å²) in [4.78, 5) is 46.9. The van der Waals surface area contributed by atoms with Crippen LogP contribution in [0.4, 0.5) is 5.69 Å². The highest BCUT2D eigenvalue weighted by molar-refractivity contribution is 7.80. The van der Waals surface area contributed by atoms with Gasteiger partial charge in [-0.1, -0.05) is 12.1 Å². The van der Waals surface area contributed by atoms with Gasteiger partial charge in [-0.2, -0.15) is 0 Å². The molecule has 1 aromatic rings. The molecule has 34 heavy (non-hydrogen) atoms. The highest BCUT2D eigenvalue weighted by Crippen LogP contribution is 2.28. The van der Waals surface area contributed by atoms with Crippen molar-refractivity contribution < 1.29 is 42.9 Å². The Kier molecular flexibility index (Phi) is 9.75. The quantitative estimate of drug-likeness (QED) is 0.320. The second-order valence-corrected chi connectivity index (χ2v) is 8.00. The van der Waals surface area contributed by atoms with E-state index >= 15 is 0 Å². The summed E-state index contributed by atoms with van der Waals surface area (Å²) in [6.07, 6.45) is -5.98. The molecule has 1 aliphatic rings. The molecule has 1 saturated heterocycles. The van der Waals surface area contributed by atoms with Crippen LogP contribution in [0.15, 0.2) is 24.3 Å². The highest BCUT2D eigenvalue weighted by Gasteiger charge is 2.52. The summed E-state index contributed by atoms with van der Waals surface area (Å²) in [5.74, 6) is -2.72. The largest absolute Gasteiger partial charge is 0.463 e. The molecule has 0 unspecified atom stereocenters. The Morgan fingerprint density at radius 2 is 1.50 bits per heavy atom. The Bertz CT molecular complexity index is 939. The summed E-state index contributed by atoms with van der Waals surface area (Å²) in [5, 5.41) is 5.99. The molecule has 0 aliphatic carbocycles. The van der Waals surface area contributed by atoms with Crippen molar-refractivity contribution in [1.82, 2.24) is 5.32 Å². The molecule has 1 heterocycles. The summed E-state index contributed by atoms with van der Waals surface area (Å²) >= 11 is 5.38. The number of esters is 4. The minimum Gasteiger partial charge on any atom is -0.463 e. The van der Waals surface area contributed by atoms with E-state index in [1.807, 2.05) is 25.1 Å². The van der Waals surface area contributed by atoms with Gasteiger partial charge >= 0.3 is 23.9 Å². The molecule has 5 atom stereocenters. The van der Waals surface area contributed by atoms with Crippen molar-refractivity contribution in [3.8, 4) is 0 Å². The number of thiocarbonyl (C=S) groups is 1. The number of nitrogens with one attached hydrogen (secondary N) is 2. The second kappa shape index (κ2) is 12.3. The number of hydrogen-bond donors (Lipinski definition) is 2. The Balaban J connectivity index is 2.36. The predicted octanol–water partition coefficient (Wildman–Crippen LogP) is 1.36. The van der Waals surface area contributed by atoms with Gasteiger partial charge in [0.25, 0.3) is 0 Å². The number of benzene rings is 1. The van der Waals surface area contributed by atoms with Crippen molar-refractivity contribution in [2.24, 2.45) is 0 Å². The number of carbonyl (C=O) groups excluding carboxylic acids is 4. The highest BCUT2D eigenvalue weighted by atomic mass is 32.1. The van der Waals surface area contributed by atoms with Crippen LogP contribution in [0.1, 0.15) is 33.3 Å². The monoisotopic (exact) mass is 496 g/mol. The van der Waals surface area contributed by atoms with Gasteiger partial charge in [-0.15, -0.1) is 0 Å². The van der Waals surface area contributed by atoms with Gasteiger partial charge in [-0.25, -0.2) is 0 Å². The predicted molar refractivity (Wildman–Crippen MR) is 122 cm³/mol. The van der Waals surface area contributed by atoms with Crippen LogP contribution in [-0.2, 0) is 42.9 Å². The first-order valence-electron chi connectivity index (χ1n) is 10.4. The van der Waals surface area contributed by atoms with Gasteiger partial charge in [0, 0.05) is 33.4 Å². The van der Waals surface area contributed by atoms with E-state index in [1.165, 1.54) is 6.92 Å². The van der Waals surface area contributed by atoms with Gasteiger partial charge in [-0.05, 0) is 36.8 Å². The topological polar surface area (TPSA) is 138 Å². The average Bonchev–Trinajstić information content (AvgIpc) is 2.70. The van der Waals surface area contributed by atoms with Crippen LogP contribution in [0, 0.1) is 6.92 Å². The van der Waals surface area contributed by atoms with Crippen molar-refractivity contribution in [3.05, 3.63) is 29.8 Å². The average molecular weight is 497 g/mol. The molecule has 1 fully saturated rings. The van der Waals surface area contributed by atoms with E-state index in [2.05, 4.69) is 10.6 Å². The van der Waals surface area contributed by atoms with Gasteiger partial charge < -0.3 is 34.3 Å². The van der Waals surface area contributed by atoms with Crippen LogP contribution in [-0.4, -0.2) is 66.2 Å². The first-order valence-corrected chi connectivity index (χ1v) is 10.8. The van der Waals surface area contributed by atoms with Crippen LogP contribution in [0.5, 0.6) is 0 Å². The Morgan fingerprint density at radius 1 is 0.912 bits per heavy atom. The van der Waals surface area contributed by atoms with Crippen molar-refractivity contribution >= 4 is 46.9 Å². The number of ether oxygens (including phenoxy) is 5. The summed E-state index contributed by atoms with van der Waals surface area (Å²) in [6, 6.07) is 7.42. The molecule has 0 spiro atoms. The van der Waals surface area contributed by atoms with E-state index in [-0.39, 0.29) is 11.7 Å². The van der Waals surface area contributed by atoms with Crippen LogP contribution in [0.25, 0.3) is 0 Å². The summed E-state index contributed by atoms with van der Waals surface area (Å²) in [5.41, 5.74) is 1.70. The van der Waals surface area contributed by atoms with E-state index in [1.54, 1.807) is 6.07 Å². The first-order chi connectivity index (χ1) is 16.0. The van der Waals surface area contributed by atoms with Crippen LogP contribution < -0.4 is 10.6 Å². The molecule has 0 amide bonds. The number of rotatable bonds is 7. The molecule has 186 valence electrons. The molecule has 2 rings (SSSR count). The smallest absolute Gasteiger partial charge is 0.303 e. The third kappa shape index (κ3) is 8.27. The van der Waals surface area contributed by atoms with Crippen molar-refractivity contribution in [1.29, 1.82) is 0 Å². The van der Waals surface area contributed by atoms with Crippen molar-refractivity contribution in [2.45, 2.75) is 65.3 Å². The lowest BCUT2D eigenvalue weighted by atomic mass is 9.97. The normalized spacial score (nSPS) is 23.7. The maximum atomic E-state index is 11.9. The Hall–Kier alpha value is -3.25. The molecule has 0 aromatic heterocycles.